The minimum atomic E-state index is -0.506. The van der Waals surface area contributed by atoms with Gasteiger partial charge in [0.05, 0.1) is 12.2 Å². The Morgan fingerprint density at radius 1 is 1.50 bits per heavy atom. The third kappa shape index (κ3) is 3.24. The van der Waals surface area contributed by atoms with Crippen LogP contribution in [-0.2, 0) is 4.79 Å². The molecule has 0 aliphatic rings. The zero-order valence-corrected chi connectivity index (χ0v) is 11.7. The molecule has 1 aromatic heterocycles. The molecular weight excluding hydrogens is 254 g/mol. The molecule has 1 heterocycles. The van der Waals surface area contributed by atoms with Crippen LogP contribution in [0, 0.1) is 5.92 Å². The van der Waals surface area contributed by atoms with Crippen LogP contribution in [0.15, 0.2) is 41.3 Å². The minimum absolute atomic E-state index is 0.146. The molecule has 5 nitrogen and oxygen atoms in total. The normalized spacial score (nSPS) is 13.8. The second-order valence-electron chi connectivity index (χ2n) is 4.85. The highest BCUT2D eigenvalue weighted by Crippen LogP contribution is 2.22. The summed E-state index contributed by atoms with van der Waals surface area (Å²) in [6.07, 6.45) is 3.87. The van der Waals surface area contributed by atoms with Crippen molar-refractivity contribution < 1.29 is 9.21 Å². The molecule has 2 atom stereocenters. The standard InChI is InChI=1S/C15H19N3O2/c1-3-10(2)14(16)15(19)18-12-6-4-5-11(7-12)13-8-17-9-20-13/h4-10,14H,3,16H2,1-2H3,(H,18,19). The lowest BCUT2D eigenvalue weighted by Crippen LogP contribution is -2.40. The van der Waals surface area contributed by atoms with Crippen molar-refractivity contribution in [3.63, 3.8) is 0 Å². The van der Waals surface area contributed by atoms with Crippen LogP contribution in [0.1, 0.15) is 20.3 Å². The molecule has 2 rings (SSSR count). The molecule has 0 spiro atoms. The van der Waals surface area contributed by atoms with E-state index in [9.17, 15) is 4.79 Å². The monoisotopic (exact) mass is 273 g/mol. The Morgan fingerprint density at radius 3 is 2.95 bits per heavy atom. The summed E-state index contributed by atoms with van der Waals surface area (Å²) in [6.45, 7) is 3.98. The SMILES string of the molecule is CCC(C)C(N)C(=O)Nc1cccc(-c2cnco2)c1. The molecule has 20 heavy (non-hydrogen) atoms. The topological polar surface area (TPSA) is 81.2 Å². The lowest BCUT2D eigenvalue weighted by molar-refractivity contribution is -0.118. The first kappa shape index (κ1) is 14.3. The van der Waals surface area contributed by atoms with Gasteiger partial charge in [0.15, 0.2) is 12.2 Å². The van der Waals surface area contributed by atoms with Crippen molar-refractivity contribution >= 4 is 11.6 Å². The van der Waals surface area contributed by atoms with Gasteiger partial charge in [0.25, 0.3) is 0 Å². The number of rotatable bonds is 5. The van der Waals surface area contributed by atoms with Crippen LogP contribution in [0.4, 0.5) is 5.69 Å². The van der Waals surface area contributed by atoms with Crippen LogP contribution < -0.4 is 11.1 Å². The van der Waals surface area contributed by atoms with Crippen LogP contribution in [0.2, 0.25) is 0 Å². The van der Waals surface area contributed by atoms with Crippen molar-refractivity contribution in [3.8, 4) is 11.3 Å². The molecule has 0 saturated carbocycles. The van der Waals surface area contributed by atoms with E-state index in [-0.39, 0.29) is 11.8 Å². The molecule has 0 aliphatic carbocycles. The summed E-state index contributed by atoms with van der Waals surface area (Å²) in [5.41, 5.74) is 7.47. The predicted octanol–water partition coefficient (Wildman–Crippen LogP) is 2.65. The Kier molecular flexibility index (Phi) is 4.53. The molecule has 0 fully saturated rings. The maximum atomic E-state index is 12.0. The van der Waals surface area contributed by atoms with Gasteiger partial charge in [-0.25, -0.2) is 4.98 Å². The van der Waals surface area contributed by atoms with E-state index >= 15 is 0 Å². The summed E-state index contributed by atoms with van der Waals surface area (Å²) >= 11 is 0. The van der Waals surface area contributed by atoms with E-state index in [2.05, 4.69) is 10.3 Å². The third-order valence-corrected chi connectivity index (χ3v) is 3.41. The zero-order chi connectivity index (χ0) is 14.5. The fourth-order valence-corrected chi connectivity index (χ4v) is 1.85. The van der Waals surface area contributed by atoms with Crippen molar-refractivity contribution in [2.75, 3.05) is 5.32 Å². The number of carbonyl (C=O) groups excluding carboxylic acids is 1. The highest BCUT2D eigenvalue weighted by molar-refractivity contribution is 5.95. The van der Waals surface area contributed by atoms with E-state index < -0.39 is 6.04 Å². The van der Waals surface area contributed by atoms with Crippen LogP contribution in [0.3, 0.4) is 0 Å². The summed E-state index contributed by atoms with van der Waals surface area (Å²) in [6, 6.07) is 6.89. The van der Waals surface area contributed by atoms with E-state index in [1.807, 2.05) is 38.1 Å². The van der Waals surface area contributed by atoms with Gasteiger partial charge in [-0.05, 0) is 18.1 Å². The average molecular weight is 273 g/mol. The number of hydrogen-bond acceptors (Lipinski definition) is 4. The molecule has 1 aromatic carbocycles. The summed E-state index contributed by atoms with van der Waals surface area (Å²) < 4.78 is 5.23. The van der Waals surface area contributed by atoms with Crippen molar-refractivity contribution in [1.29, 1.82) is 0 Å². The van der Waals surface area contributed by atoms with Crippen molar-refractivity contribution in [2.45, 2.75) is 26.3 Å². The first-order chi connectivity index (χ1) is 9.61. The number of benzene rings is 1. The van der Waals surface area contributed by atoms with Gasteiger partial charge in [-0.1, -0.05) is 32.4 Å². The zero-order valence-electron chi connectivity index (χ0n) is 11.7. The predicted molar refractivity (Wildman–Crippen MR) is 78.0 cm³/mol. The number of aromatic nitrogens is 1. The maximum Gasteiger partial charge on any atom is 0.241 e. The minimum Gasteiger partial charge on any atom is -0.444 e. The van der Waals surface area contributed by atoms with E-state index in [1.165, 1.54) is 6.39 Å². The maximum absolute atomic E-state index is 12.0. The smallest absolute Gasteiger partial charge is 0.241 e. The van der Waals surface area contributed by atoms with Gasteiger partial charge in [0.1, 0.15) is 0 Å². The van der Waals surface area contributed by atoms with Crippen LogP contribution in [-0.4, -0.2) is 16.9 Å². The first-order valence-electron chi connectivity index (χ1n) is 6.67. The molecule has 106 valence electrons. The number of anilines is 1. The Morgan fingerprint density at radius 2 is 2.30 bits per heavy atom. The van der Waals surface area contributed by atoms with Crippen LogP contribution >= 0.6 is 0 Å². The Labute approximate surface area is 118 Å². The van der Waals surface area contributed by atoms with E-state index in [0.29, 0.717) is 11.4 Å². The van der Waals surface area contributed by atoms with Crippen LogP contribution in [0.5, 0.6) is 0 Å². The number of hydrogen-bond donors (Lipinski definition) is 2. The fourth-order valence-electron chi connectivity index (χ4n) is 1.85. The molecule has 5 heteroatoms. The number of amides is 1. The fraction of sp³-hybridized carbons (Fsp3) is 0.333. The van der Waals surface area contributed by atoms with E-state index in [1.54, 1.807) is 6.20 Å². The van der Waals surface area contributed by atoms with Gasteiger partial charge in [0, 0.05) is 11.3 Å². The molecule has 2 unspecified atom stereocenters. The second-order valence-corrected chi connectivity index (χ2v) is 4.85. The Hall–Kier alpha value is -2.14. The molecule has 2 aromatic rings. The summed E-state index contributed by atoms with van der Waals surface area (Å²) in [5, 5.41) is 2.83. The van der Waals surface area contributed by atoms with Gasteiger partial charge in [-0.2, -0.15) is 0 Å². The van der Waals surface area contributed by atoms with E-state index in [0.717, 1.165) is 12.0 Å². The van der Waals surface area contributed by atoms with Crippen LogP contribution in [0.25, 0.3) is 11.3 Å². The van der Waals surface area contributed by atoms with Crippen molar-refractivity contribution in [1.82, 2.24) is 4.98 Å². The van der Waals surface area contributed by atoms with Gasteiger partial charge in [-0.15, -0.1) is 0 Å². The van der Waals surface area contributed by atoms with E-state index in [4.69, 9.17) is 10.2 Å². The Balaban J connectivity index is 2.10. The quantitative estimate of drug-likeness (QED) is 0.877. The average Bonchev–Trinajstić information content (AvgIpc) is 3.00. The summed E-state index contributed by atoms with van der Waals surface area (Å²) in [5.74, 6) is 0.633. The number of nitrogens with one attached hydrogen (secondary N) is 1. The molecule has 3 N–H and O–H groups in total. The number of nitrogens with zero attached hydrogens (tertiary/aromatic N) is 1. The third-order valence-electron chi connectivity index (χ3n) is 3.41. The van der Waals surface area contributed by atoms with Crippen molar-refractivity contribution in [2.24, 2.45) is 11.7 Å². The lowest BCUT2D eigenvalue weighted by atomic mass is 9.99. The second kappa shape index (κ2) is 6.34. The summed E-state index contributed by atoms with van der Waals surface area (Å²) in [4.78, 5) is 15.9. The molecule has 0 radical (unpaired) electrons. The number of carbonyl (C=O) groups is 1. The molecule has 0 bridgehead atoms. The molecule has 0 saturated heterocycles. The number of nitrogens with two attached hydrogens (primary N) is 1. The highest BCUT2D eigenvalue weighted by atomic mass is 16.3. The Bertz CT molecular complexity index is 566. The lowest BCUT2D eigenvalue weighted by Gasteiger charge is -2.17. The van der Waals surface area contributed by atoms with Gasteiger partial charge < -0.3 is 15.5 Å². The van der Waals surface area contributed by atoms with Crippen molar-refractivity contribution in [3.05, 3.63) is 36.9 Å². The van der Waals surface area contributed by atoms with Gasteiger partial charge >= 0.3 is 0 Å². The highest BCUT2D eigenvalue weighted by Gasteiger charge is 2.19. The largest absolute Gasteiger partial charge is 0.444 e. The molecule has 1 amide bonds. The molecule has 0 aliphatic heterocycles. The number of oxazole rings is 1. The summed E-state index contributed by atoms with van der Waals surface area (Å²) in [7, 11) is 0. The van der Waals surface area contributed by atoms with Gasteiger partial charge in [-0.3, -0.25) is 4.79 Å². The molecular formula is C15H19N3O2. The first-order valence-corrected chi connectivity index (χ1v) is 6.67. The van der Waals surface area contributed by atoms with Gasteiger partial charge in [0.2, 0.25) is 5.91 Å².